The van der Waals surface area contributed by atoms with E-state index in [1.807, 2.05) is 13.0 Å². The second kappa shape index (κ2) is 7.31. The van der Waals surface area contributed by atoms with Gasteiger partial charge in [-0.05, 0) is 37.5 Å². The van der Waals surface area contributed by atoms with Gasteiger partial charge in [-0.2, -0.15) is 0 Å². The van der Waals surface area contributed by atoms with Crippen LogP contribution in [0, 0.1) is 6.92 Å². The Morgan fingerprint density at radius 3 is 2.76 bits per heavy atom. The van der Waals surface area contributed by atoms with Crippen molar-refractivity contribution in [2.45, 2.75) is 38.7 Å². The molecular formula is C16H24N2O3. The lowest BCUT2D eigenvalue weighted by molar-refractivity contribution is 0.0602. The summed E-state index contributed by atoms with van der Waals surface area (Å²) in [6.07, 6.45) is 5.32. The first kappa shape index (κ1) is 15.6. The second-order valence-corrected chi connectivity index (χ2v) is 5.45. The van der Waals surface area contributed by atoms with Gasteiger partial charge in [0.15, 0.2) is 0 Å². The van der Waals surface area contributed by atoms with E-state index in [1.54, 1.807) is 6.07 Å². The van der Waals surface area contributed by atoms with Gasteiger partial charge in [-0.1, -0.05) is 12.8 Å². The first-order valence-electron chi connectivity index (χ1n) is 7.45. The zero-order valence-corrected chi connectivity index (χ0v) is 12.8. The van der Waals surface area contributed by atoms with E-state index in [0.29, 0.717) is 30.5 Å². The van der Waals surface area contributed by atoms with E-state index in [0.717, 1.165) is 11.3 Å². The summed E-state index contributed by atoms with van der Waals surface area (Å²) in [6.45, 7) is 3.25. The molecule has 116 valence electrons. The molecule has 0 unspecified atom stereocenters. The number of anilines is 2. The van der Waals surface area contributed by atoms with Crippen LogP contribution in [0.3, 0.4) is 0 Å². The Hall–Kier alpha value is -1.75. The molecule has 1 aliphatic carbocycles. The maximum Gasteiger partial charge on any atom is 0.340 e. The fraction of sp³-hybridized carbons (Fsp3) is 0.562. The van der Waals surface area contributed by atoms with Crippen LogP contribution in [0.25, 0.3) is 0 Å². The summed E-state index contributed by atoms with van der Waals surface area (Å²) < 4.78 is 10.5. The van der Waals surface area contributed by atoms with Crippen LogP contribution in [0.4, 0.5) is 11.4 Å². The number of nitrogens with two attached hydrogens (primary N) is 1. The smallest absolute Gasteiger partial charge is 0.340 e. The number of hydrogen-bond acceptors (Lipinski definition) is 5. The van der Waals surface area contributed by atoms with Crippen LogP contribution in [0.2, 0.25) is 0 Å². The van der Waals surface area contributed by atoms with Crippen molar-refractivity contribution in [3.8, 4) is 0 Å². The first-order chi connectivity index (χ1) is 10.1. The number of nitrogen functional groups attached to an aromatic ring is 1. The summed E-state index contributed by atoms with van der Waals surface area (Å²) in [7, 11) is 1.35. The summed E-state index contributed by atoms with van der Waals surface area (Å²) in [6, 6.07) is 3.65. The van der Waals surface area contributed by atoms with E-state index in [9.17, 15) is 4.79 Å². The molecule has 1 aromatic carbocycles. The highest BCUT2D eigenvalue weighted by Gasteiger charge is 2.15. The van der Waals surface area contributed by atoms with Crippen LogP contribution in [0.15, 0.2) is 12.1 Å². The molecule has 0 bridgehead atoms. The van der Waals surface area contributed by atoms with E-state index in [4.69, 9.17) is 15.2 Å². The Morgan fingerprint density at radius 1 is 1.38 bits per heavy atom. The lowest BCUT2D eigenvalue weighted by Crippen LogP contribution is -2.16. The SMILES string of the molecule is COC(=O)c1cc(NCCOC2CCCC2)cc(C)c1N. The molecule has 21 heavy (non-hydrogen) atoms. The van der Waals surface area contributed by atoms with Crippen LogP contribution in [-0.4, -0.2) is 32.3 Å². The van der Waals surface area contributed by atoms with E-state index in [-0.39, 0.29) is 0 Å². The predicted octanol–water partition coefficient (Wildman–Crippen LogP) is 2.73. The average Bonchev–Trinajstić information content (AvgIpc) is 2.99. The second-order valence-electron chi connectivity index (χ2n) is 5.45. The minimum Gasteiger partial charge on any atom is -0.465 e. The normalized spacial score (nSPS) is 15.1. The van der Waals surface area contributed by atoms with Crippen molar-refractivity contribution >= 4 is 17.3 Å². The van der Waals surface area contributed by atoms with Crippen LogP contribution >= 0.6 is 0 Å². The van der Waals surface area contributed by atoms with Gasteiger partial charge in [-0.25, -0.2) is 4.79 Å². The number of hydrogen-bond donors (Lipinski definition) is 2. The molecule has 0 spiro atoms. The van der Waals surface area contributed by atoms with Gasteiger partial charge in [0.25, 0.3) is 0 Å². The first-order valence-corrected chi connectivity index (χ1v) is 7.45. The third kappa shape index (κ3) is 4.11. The molecule has 1 saturated carbocycles. The van der Waals surface area contributed by atoms with Gasteiger partial charge in [0.2, 0.25) is 0 Å². The van der Waals surface area contributed by atoms with Crippen molar-refractivity contribution in [3.63, 3.8) is 0 Å². The Bertz CT molecular complexity index is 497. The molecule has 0 atom stereocenters. The highest BCUT2D eigenvalue weighted by atomic mass is 16.5. The van der Waals surface area contributed by atoms with Crippen molar-refractivity contribution in [2.75, 3.05) is 31.3 Å². The van der Waals surface area contributed by atoms with E-state index < -0.39 is 5.97 Å². The van der Waals surface area contributed by atoms with Gasteiger partial charge >= 0.3 is 5.97 Å². The molecule has 5 heteroatoms. The fourth-order valence-corrected chi connectivity index (χ4v) is 2.66. The molecule has 1 fully saturated rings. The van der Waals surface area contributed by atoms with Gasteiger partial charge in [0.1, 0.15) is 0 Å². The molecule has 0 radical (unpaired) electrons. The van der Waals surface area contributed by atoms with Gasteiger partial charge in [0, 0.05) is 17.9 Å². The number of esters is 1. The molecule has 0 aromatic heterocycles. The standard InChI is InChI=1S/C16H24N2O3/c1-11-9-12(10-14(15(11)17)16(19)20-2)18-7-8-21-13-5-3-4-6-13/h9-10,13,18H,3-8,17H2,1-2H3. The maximum atomic E-state index is 11.7. The monoisotopic (exact) mass is 292 g/mol. The van der Waals surface area contributed by atoms with E-state index in [1.165, 1.54) is 32.8 Å². The van der Waals surface area contributed by atoms with Crippen molar-refractivity contribution in [1.82, 2.24) is 0 Å². The van der Waals surface area contributed by atoms with Crippen molar-refractivity contribution in [3.05, 3.63) is 23.3 Å². The lowest BCUT2D eigenvalue weighted by atomic mass is 10.1. The number of ether oxygens (including phenoxy) is 2. The number of carbonyl (C=O) groups is 1. The molecule has 0 saturated heterocycles. The molecule has 3 N–H and O–H groups in total. The molecule has 5 nitrogen and oxygen atoms in total. The molecule has 0 aliphatic heterocycles. The summed E-state index contributed by atoms with van der Waals surface area (Å²) >= 11 is 0. The van der Waals surface area contributed by atoms with E-state index >= 15 is 0 Å². The number of nitrogens with one attached hydrogen (secondary N) is 1. The van der Waals surface area contributed by atoms with Gasteiger partial charge in [-0.3, -0.25) is 0 Å². The summed E-state index contributed by atoms with van der Waals surface area (Å²) in [4.78, 5) is 11.7. The van der Waals surface area contributed by atoms with E-state index in [2.05, 4.69) is 5.32 Å². The zero-order chi connectivity index (χ0) is 15.2. The summed E-state index contributed by atoms with van der Waals surface area (Å²) in [5, 5.41) is 3.27. The highest BCUT2D eigenvalue weighted by Crippen LogP contribution is 2.24. The predicted molar refractivity (Wildman–Crippen MR) is 83.6 cm³/mol. The zero-order valence-electron chi connectivity index (χ0n) is 12.8. The fourth-order valence-electron chi connectivity index (χ4n) is 2.66. The largest absolute Gasteiger partial charge is 0.465 e. The quantitative estimate of drug-likeness (QED) is 0.479. The van der Waals surface area contributed by atoms with Gasteiger partial charge in [-0.15, -0.1) is 0 Å². The lowest BCUT2D eigenvalue weighted by Gasteiger charge is -2.14. The number of carbonyl (C=O) groups excluding carboxylic acids is 1. The third-order valence-corrected chi connectivity index (χ3v) is 3.88. The minimum atomic E-state index is -0.415. The minimum absolute atomic E-state index is 0.400. The van der Waals surface area contributed by atoms with Crippen LogP contribution in [-0.2, 0) is 9.47 Å². The Kier molecular flexibility index (Phi) is 5.44. The molecule has 1 aliphatic rings. The molecular weight excluding hydrogens is 268 g/mol. The number of benzene rings is 1. The van der Waals surface area contributed by atoms with Crippen LogP contribution < -0.4 is 11.1 Å². The molecule has 2 rings (SSSR count). The molecule has 0 heterocycles. The number of methoxy groups -OCH3 is 1. The van der Waals surface area contributed by atoms with Gasteiger partial charge in [0.05, 0.1) is 25.4 Å². The van der Waals surface area contributed by atoms with Crippen molar-refractivity contribution in [2.24, 2.45) is 0 Å². The number of rotatable bonds is 6. The Labute approximate surface area is 125 Å². The third-order valence-electron chi connectivity index (χ3n) is 3.88. The van der Waals surface area contributed by atoms with Crippen molar-refractivity contribution < 1.29 is 14.3 Å². The van der Waals surface area contributed by atoms with Crippen molar-refractivity contribution in [1.29, 1.82) is 0 Å². The van der Waals surface area contributed by atoms with Gasteiger partial charge < -0.3 is 20.5 Å². The molecule has 1 aromatic rings. The summed E-state index contributed by atoms with van der Waals surface area (Å²) in [5.74, 6) is -0.415. The van der Waals surface area contributed by atoms with Crippen LogP contribution in [0.5, 0.6) is 0 Å². The summed E-state index contributed by atoms with van der Waals surface area (Å²) in [5.41, 5.74) is 8.50. The Balaban J connectivity index is 1.90. The Morgan fingerprint density at radius 2 is 2.10 bits per heavy atom. The topological polar surface area (TPSA) is 73.6 Å². The maximum absolute atomic E-state index is 11.7. The highest BCUT2D eigenvalue weighted by molar-refractivity contribution is 5.97. The van der Waals surface area contributed by atoms with Crippen LogP contribution in [0.1, 0.15) is 41.6 Å². The number of aryl methyl sites for hydroxylation is 1. The molecule has 0 amide bonds. The average molecular weight is 292 g/mol.